The number of carbonyl (C=O) groups is 3. The van der Waals surface area contributed by atoms with Crippen molar-refractivity contribution in [2.24, 2.45) is 5.73 Å². The Morgan fingerprint density at radius 1 is 1.05 bits per heavy atom. The predicted molar refractivity (Wildman–Crippen MR) is 150 cm³/mol. The molecule has 0 atom stereocenters. The van der Waals surface area contributed by atoms with Crippen LogP contribution in [0.15, 0.2) is 54.9 Å². The molecule has 4 rings (SSSR count). The summed E-state index contributed by atoms with van der Waals surface area (Å²) in [7, 11) is 1.78. The zero-order chi connectivity index (χ0) is 27.9. The number of primary amides is 1. The van der Waals surface area contributed by atoms with E-state index in [9.17, 15) is 14.4 Å². The molecule has 3 amide bonds. The molecule has 10 heteroatoms. The van der Waals surface area contributed by atoms with E-state index in [2.05, 4.69) is 29.5 Å². The van der Waals surface area contributed by atoms with E-state index in [-0.39, 0.29) is 24.9 Å². The quantitative estimate of drug-likeness (QED) is 0.347. The van der Waals surface area contributed by atoms with Crippen molar-refractivity contribution in [3.05, 3.63) is 77.1 Å². The number of hydrogen-bond donors (Lipinski definition) is 2. The summed E-state index contributed by atoms with van der Waals surface area (Å²) in [6.45, 7) is 6.09. The summed E-state index contributed by atoms with van der Waals surface area (Å²) in [5, 5.41) is 10.9. The van der Waals surface area contributed by atoms with Crippen molar-refractivity contribution in [2.45, 2.75) is 46.2 Å². The molecule has 0 unspecified atom stereocenters. The number of aryl methyl sites for hydroxylation is 1. The molecule has 3 N–H and O–H groups in total. The number of likely N-dealkylation sites (N-methyl/N-ethyl adjacent to an activating group) is 1. The van der Waals surface area contributed by atoms with Gasteiger partial charge in [0, 0.05) is 38.6 Å². The number of nitrogens with zero attached hydrogens (tertiary/aromatic N) is 5. The van der Waals surface area contributed by atoms with E-state index in [1.165, 1.54) is 17.3 Å². The molecule has 2 heterocycles. The fourth-order valence-electron chi connectivity index (χ4n) is 4.74. The smallest absolute Gasteiger partial charge is 0.256 e. The molecule has 0 fully saturated rings. The van der Waals surface area contributed by atoms with E-state index < -0.39 is 5.91 Å². The van der Waals surface area contributed by atoms with Crippen LogP contribution < -0.4 is 16.0 Å². The van der Waals surface area contributed by atoms with E-state index in [1.807, 2.05) is 47.2 Å². The van der Waals surface area contributed by atoms with Gasteiger partial charge < -0.3 is 16.0 Å². The van der Waals surface area contributed by atoms with E-state index in [0.717, 1.165) is 36.2 Å². The number of aromatic nitrogens is 2. The van der Waals surface area contributed by atoms with Gasteiger partial charge in [0.15, 0.2) is 0 Å². The number of hydrogen-bond acceptors (Lipinski definition) is 6. The highest BCUT2D eigenvalue weighted by molar-refractivity contribution is 5.92. The molecule has 2 aromatic carbocycles. The van der Waals surface area contributed by atoms with Crippen LogP contribution in [0.2, 0.25) is 0 Å². The van der Waals surface area contributed by atoms with Crippen LogP contribution in [0.3, 0.4) is 0 Å². The van der Waals surface area contributed by atoms with Crippen molar-refractivity contribution < 1.29 is 14.4 Å². The Balaban J connectivity index is 1.51. The molecular weight excluding hydrogens is 494 g/mol. The van der Waals surface area contributed by atoms with Gasteiger partial charge in [-0.3, -0.25) is 19.4 Å². The normalized spacial score (nSPS) is 12.7. The largest absolute Gasteiger partial charge is 0.366 e. The van der Waals surface area contributed by atoms with Crippen molar-refractivity contribution >= 4 is 23.4 Å². The van der Waals surface area contributed by atoms with Crippen molar-refractivity contribution in [1.82, 2.24) is 25.1 Å². The Kier molecular flexibility index (Phi) is 8.98. The lowest BCUT2D eigenvalue weighted by molar-refractivity contribution is -0.145. The third-order valence-corrected chi connectivity index (χ3v) is 7.03. The number of nitrogens with two attached hydrogens (primary N) is 1. The van der Waals surface area contributed by atoms with Crippen molar-refractivity contribution in [1.29, 1.82) is 0 Å². The number of anilines is 1. The number of nitrogens with one attached hydrogen (secondary N) is 1. The molecule has 0 radical (unpaired) electrons. The molecule has 0 aliphatic carbocycles. The fraction of sp³-hybridized carbons (Fsp3) is 0.379. The van der Waals surface area contributed by atoms with Gasteiger partial charge in [-0.05, 0) is 48.2 Å². The lowest BCUT2D eigenvalue weighted by Crippen LogP contribution is -2.48. The highest BCUT2D eigenvalue weighted by atomic mass is 16.2. The standard InChI is InChI=1S/C29H37N7O3/c1-4-5-8-13-31-27(37)19-34(20-28(38)33(3)35-16-22-9-6-7-10-23(22)17-35)26-12-11-25(14-21(26)2)36-18-24(15-32-36)29(30)39/h6-7,9-12,14-15,18H,4-5,8,13,16-17,19-20H2,1-3H3,(H2,30,39)(H,31,37). The van der Waals surface area contributed by atoms with E-state index >= 15 is 0 Å². The third-order valence-electron chi connectivity index (χ3n) is 7.03. The van der Waals surface area contributed by atoms with Crippen molar-refractivity contribution in [2.75, 3.05) is 31.6 Å². The Morgan fingerprint density at radius 2 is 1.77 bits per heavy atom. The highest BCUT2D eigenvalue weighted by Gasteiger charge is 2.27. The van der Waals surface area contributed by atoms with Gasteiger partial charge in [0.2, 0.25) is 5.91 Å². The molecule has 1 aromatic heterocycles. The Hall–Kier alpha value is -4.18. The van der Waals surface area contributed by atoms with E-state index in [1.54, 1.807) is 22.9 Å². The zero-order valence-corrected chi connectivity index (χ0v) is 22.9. The van der Waals surface area contributed by atoms with Crippen molar-refractivity contribution in [3.8, 4) is 5.69 Å². The summed E-state index contributed by atoms with van der Waals surface area (Å²) in [5.74, 6) is -0.783. The van der Waals surface area contributed by atoms with Crippen LogP contribution >= 0.6 is 0 Å². The van der Waals surface area contributed by atoms with Gasteiger partial charge in [-0.2, -0.15) is 5.10 Å². The molecule has 3 aromatic rings. The summed E-state index contributed by atoms with van der Waals surface area (Å²) in [4.78, 5) is 39.6. The highest BCUT2D eigenvalue weighted by Crippen LogP contribution is 2.25. The van der Waals surface area contributed by atoms with Crippen LogP contribution in [-0.2, 0) is 22.7 Å². The van der Waals surface area contributed by atoms with Gasteiger partial charge in [-0.25, -0.2) is 9.69 Å². The Bertz CT molecular complexity index is 1310. The second-order valence-electron chi connectivity index (χ2n) is 9.93. The zero-order valence-electron chi connectivity index (χ0n) is 22.9. The second kappa shape index (κ2) is 12.6. The summed E-state index contributed by atoms with van der Waals surface area (Å²) in [5.41, 5.74) is 10.5. The molecular formula is C29H37N7O3. The number of hydrazine groups is 1. The van der Waals surface area contributed by atoms with E-state index in [4.69, 9.17) is 5.73 Å². The van der Waals surface area contributed by atoms with Gasteiger partial charge in [0.1, 0.15) is 0 Å². The van der Waals surface area contributed by atoms with Crippen LogP contribution in [0.4, 0.5) is 5.69 Å². The number of amides is 3. The first kappa shape index (κ1) is 27.8. The summed E-state index contributed by atoms with van der Waals surface area (Å²) in [6, 6.07) is 13.8. The van der Waals surface area contributed by atoms with Gasteiger partial charge >= 0.3 is 0 Å². The summed E-state index contributed by atoms with van der Waals surface area (Å²) >= 11 is 0. The maximum atomic E-state index is 13.5. The van der Waals surface area contributed by atoms with Crippen LogP contribution in [0, 0.1) is 6.92 Å². The van der Waals surface area contributed by atoms with Crippen LogP contribution in [-0.4, -0.2) is 64.2 Å². The second-order valence-corrected chi connectivity index (χ2v) is 9.93. The number of unbranched alkanes of at least 4 members (excludes halogenated alkanes) is 2. The first-order valence-electron chi connectivity index (χ1n) is 13.3. The third kappa shape index (κ3) is 6.83. The maximum absolute atomic E-state index is 13.5. The van der Waals surface area contributed by atoms with Gasteiger partial charge in [0.05, 0.1) is 30.5 Å². The lowest BCUT2D eigenvalue weighted by atomic mass is 10.1. The molecule has 10 nitrogen and oxygen atoms in total. The number of rotatable bonds is 12. The topological polar surface area (TPSA) is 117 Å². The maximum Gasteiger partial charge on any atom is 0.256 e. The molecule has 0 saturated heterocycles. The SMILES string of the molecule is CCCCCNC(=O)CN(CC(=O)N(C)N1Cc2ccccc2C1)c1ccc(-n2cc(C(N)=O)cn2)cc1C. The molecule has 0 saturated carbocycles. The van der Waals surface area contributed by atoms with E-state index in [0.29, 0.717) is 25.2 Å². The van der Waals surface area contributed by atoms with Crippen LogP contribution in [0.25, 0.3) is 5.69 Å². The average Bonchev–Trinajstić information content (AvgIpc) is 3.58. The first-order valence-corrected chi connectivity index (χ1v) is 13.3. The van der Waals surface area contributed by atoms with Crippen LogP contribution in [0.1, 0.15) is 53.2 Å². The predicted octanol–water partition coefficient (Wildman–Crippen LogP) is 2.78. The van der Waals surface area contributed by atoms with Gasteiger partial charge in [0.25, 0.3) is 11.8 Å². The first-order chi connectivity index (χ1) is 18.8. The number of carbonyl (C=O) groups excluding carboxylic acids is 3. The minimum absolute atomic E-state index is 0.0412. The van der Waals surface area contributed by atoms with Gasteiger partial charge in [-0.15, -0.1) is 0 Å². The summed E-state index contributed by atoms with van der Waals surface area (Å²) < 4.78 is 1.58. The number of fused-ring (bicyclic) bond motifs is 1. The number of benzene rings is 2. The minimum Gasteiger partial charge on any atom is -0.366 e. The molecule has 39 heavy (non-hydrogen) atoms. The monoisotopic (exact) mass is 531 g/mol. The molecule has 206 valence electrons. The Labute approximate surface area is 229 Å². The molecule has 1 aliphatic heterocycles. The lowest BCUT2D eigenvalue weighted by Gasteiger charge is -2.32. The minimum atomic E-state index is -0.547. The average molecular weight is 532 g/mol. The van der Waals surface area contributed by atoms with Crippen molar-refractivity contribution in [3.63, 3.8) is 0 Å². The van der Waals surface area contributed by atoms with Crippen LogP contribution in [0.5, 0.6) is 0 Å². The fourth-order valence-corrected chi connectivity index (χ4v) is 4.74. The summed E-state index contributed by atoms with van der Waals surface area (Å²) in [6.07, 6.45) is 6.05. The molecule has 0 spiro atoms. The molecule has 0 bridgehead atoms. The Morgan fingerprint density at radius 3 is 2.38 bits per heavy atom. The molecule has 1 aliphatic rings. The van der Waals surface area contributed by atoms with Gasteiger partial charge in [-0.1, -0.05) is 44.0 Å².